The van der Waals surface area contributed by atoms with Crippen LogP contribution in [0.25, 0.3) is 0 Å². The van der Waals surface area contributed by atoms with Gasteiger partial charge in [-0.15, -0.1) is 0 Å². The molecule has 0 spiro atoms. The standard InChI is InChI=1S/C16H15N3O2/c1-10-4-11(8-17)2-3-12(10)9-21-16(20)13-5-14(18)7-15(19)6-13/h2-7H,9,18-19H2,1H3. The molecule has 0 bridgehead atoms. The Bertz CT molecular complexity index is 713. The van der Waals surface area contributed by atoms with Crippen LogP contribution in [0.5, 0.6) is 0 Å². The third kappa shape index (κ3) is 3.51. The number of esters is 1. The molecule has 0 atom stereocenters. The van der Waals surface area contributed by atoms with Crippen LogP contribution in [-0.4, -0.2) is 5.97 Å². The number of nitriles is 1. The number of carbonyl (C=O) groups is 1. The van der Waals surface area contributed by atoms with Gasteiger partial charge in [0, 0.05) is 11.4 Å². The number of hydrogen-bond acceptors (Lipinski definition) is 5. The Labute approximate surface area is 122 Å². The normalized spacial score (nSPS) is 9.90. The van der Waals surface area contributed by atoms with Crippen molar-refractivity contribution in [1.82, 2.24) is 0 Å². The lowest BCUT2D eigenvalue weighted by Gasteiger charge is -2.09. The zero-order valence-corrected chi connectivity index (χ0v) is 11.6. The summed E-state index contributed by atoms with van der Waals surface area (Å²) in [7, 11) is 0. The number of rotatable bonds is 3. The van der Waals surface area contributed by atoms with Gasteiger partial charge in [-0.05, 0) is 48.4 Å². The number of ether oxygens (including phenoxy) is 1. The van der Waals surface area contributed by atoms with Crippen molar-refractivity contribution in [2.24, 2.45) is 0 Å². The summed E-state index contributed by atoms with van der Waals surface area (Å²) in [5.41, 5.74) is 14.7. The van der Waals surface area contributed by atoms with Gasteiger partial charge in [0.25, 0.3) is 0 Å². The topological polar surface area (TPSA) is 102 Å². The minimum Gasteiger partial charge on any atom is -0.457 e. The van der Waals surface area contributed by atoms with Gasteiger partial charge in [-0.25, -0.2) is 4.79 Å². The van der Waals surface area contributed by atoms with E-state index in [1.165, 1.54) is 12.1 Å². The molecule has 0 aliphatic heterocycles. The molecule has 0 aliphatic rings. The molecule has 0 saturated carbocycles. The Kier molecular flexibility index (Phi) is 4.10. The second-order valence-electron chi connectivity index (χ2n) is 4.72. The van der Waals surface area contributed by atoms with Crippen molar-refractivity contribution < 1.29 is 9.53 Å². The van der Waals surface area contributed by atoms with Gasteiger partial charge in [-0.1, -0.05) is 6.07 Å². The molecule has 0 aliphatic carbocycles. The molecule has 0 heterocycles. The summed E-state index contributed by atoms with van der Waals surface area (Å²) >= 11 is 0. The van der Waals surface area contributed by atoms with Gasteiger partial charge in [-0.3, -0.25) is 0 Å². The summed E-state index contributed by atoms with van der Waals surface area (Å²) in [6.07, 6.45) is 0. The van der Waals surface area contributed by atoms with Crippen molar-refractivity contribution in [1.29, 1.82) is 5.26 Å². The summed E-state index contributed by atoms with van der Waals surface area (Å²) in [4.78, 5) is 12.0. The fourth-order valence-corrected chi connectivity index (χ4v) is 1.95. The highest BCUT2D eigenvalue weighted by atomic mass is 16.5. The van der Waals surface area contributed by atoms with Gasteiger partial charge in [0.15, 0.2) is 0 Å². The zero-order chi connectivity index (χ0) is 15.4. The Morgan fingerprint density at radius 2 is 1.86 bits per heavy atom. The van der Waals surface area contributed by atoms with E-state index in [2.05, 4.69) is 6.07 Å². The number of benzene rings is 2. The fourth-order valence-electron chi connectivity index (χ4n) is 1.95. The summed E-state index contributed by atoms with van der Waals surface area (Å²) in [5.74, 6) is -0.488. The lowest BCUT2D eigenvalue weighted by atomic mass is 10.1. The van der Waals surface area contributed by atoms with Gasteiger partial charge >= 0.3 is 5.97 Å². The second kappa shape index (κ2) is 5.97. The van der Waals surface area contributed by atoms with E-state index in [0.29, 0.717) is 22.5 Å². The first-order valence-corrected chi connectivity index (χ1v) is 6.32. The first kappa shape index (κ1) is 14.4. The van der Waals surface area contributed by atoms with Crippen LogP contribution in [0, 0.1) is 18.3 Å². The lowest BCUT2D eigenvalue weighted by molar-refractivity contribution is 0.0472. The monoisotopic (exact) mass is 281 g/mol. The van der Waals surface area contributed by atoms with Crippen molar-refractivity contribution in [2.45, 2.75) is 13.5 Å². The predicted octanol–water partition coefficient (Wildman–Crippen LogP) is 2.39. The molecule has 0 unspecified atom stereocenters. The minimum atomic E-state index is -0.488. The Morgan fingerprint density at radius 3 is 2.43 bits per heavy atom. The first-order chi connectivity index (χ1) is 9.99. The maximum atomic E-state index is 12.0. The smallest absolute Gasteiger partial charge is 0.338 e. The third-order valence-corrected chi connectivity index (χ3v) is 3.04. The number of nitrogens with two attached hydrogens (primary N) is 2. The number of carbonyl (C=O) groups excluding carboxylic acids is 1. The number of nitrogen functional groups attached to an aromatic ring is 2. The van der Waals surface area contributed by atoms with Crippen molar-refractivity contribution in [3.8, 4) is 6.07 Å². The minimum absolute atomic E-state index is 0.130. The second-order valence-corrected chi connectivity index (χ2v) is 4.72. The van der Waals surface area contributed by atoms with Crippen LogP contribution in [-0.2, 0) is 11.3 Å². The largest absolute Gasteiger partial charge is 0.457 e. The summed E-state index contributed by atoms with van der Waals surface area (Å²) in [6, 6.07) is 11.9. The van der Waals surface area contributed by atoms with Crippen LogP contribution in [0.4, 0.5) is 11.4 Å². The van der Waals surface area contributed by atoms with Crippen LogP contribution >= 0.6 is 0 Å². The van der Waals surface area contributed by atoms with E-state index in [-0.39, 0.29) is 6.61 Å². The Balaban J connectivity index is 2.09. The number of hydrogen-bond donors (Lipinski definition) is 2. The molecule has 21 heavy (non-hydrogen) atoms. The number of nitrogens with zero attached hydrogens (tertiary/aromatic N) is 1. The molecule has 2 aromatic carbocycles. The van der Waals surface area contributed by atoms with E-state index >= 15 is 0 Å². The highest BCUT2D eigenvalue weighted by Crippen LogP contribution is 2.16. The van der Waals surface area contributed by atoms with Gasteiger partial charge in [0.2, 0.25) is 0 Å². The molecule has 2 aromatic rings. The summed E-state index contributed by atoms with van der Waals surface area (Å²) in [5, 5.41) is 8.81. The quantitative estimate of drug-likeness (QED) is 0.664. The first-order valence-electron chi connectivity index (χ1n) is 6.32. The number of anilines is 2. The van der Waals surface area contributed by atoms with Crippen molar-refractivity contribution in [3.05, 3.63) is 58.7 Å². The predicted molar refractivity (Wildman–Crippen MR) is 80.3 cm³/mol. The van der Waals surface area contributed by atoms with Crippen LogP contribution in [0.15, 0.2) is 36.4 Å². The molecule has 2 rings (SSSR count). The van der Waals surface area contributed by atoms with Crippen molar-refractivity contribution >= 4 is 17.3 Å². The van der Waals surface area contributed by atoms with E-state index in [4.69, 9.17) is 21.5 Å². The highest BCUT2D eigenvalue weighted by Gasteiger charge is 2.10. The van der Waals surface area contributed by atoms with E-state index < -0.39 is 5.97 Å². The molecule has 0 fully saturated rings. The lowest BCUT2D eigenvalue weighted by Crippen LogP contribution is -2.07. The molecule has 0 saturated heterocycles. The van der Waals surface area contributed by atoms with E-state index in [0.717, 1.165) is 11.1 Å². The maximum Gasteiger partial charge on any atom is 0.338 e. The van der Waals surface area contributed by atoms with E-state index in [1.54, 1.807) is 24.3 Å². The zero-order valence-electron chi connectivity index (χ0n) is 11.6. The van der Waals surface area contributed by atoms with Gasteiger partial charge < -0.3 is 16.2 Å². The summed E-state index contributed by atoms with van der Waals surface area (Å²) in [6.45, 7) is 1.99. The number of aryl methyl sites for hydroxylation is 1. The average Bonchev–Trinajstić information content (AvgIpc) is 2.44. The Hall–Kier alpha value is -3.00. The fraction of sp³-hybridized carbons (Fsp3) is 0.125. The van der Waals surface area contributed by atoms with Crippen molar-refractivity contribution in [3.63, 3.8) is 0 Å². The maximum absolute atomic E-state index is 12.0. The highest BCUT2D eigenvalue weighted by molar-refractivity contribution is 5.91. The molecule has 0 radical (unpaired) electrons. The van der Waals surface area contributed by atoms with Crippen LogP contribution < -0.4 is 11.5 Å². The van der Waals surface area contributed by atoms with Crippen molar-refractivity contribution in [2.75, 3.05) is 11.5 Å². The molecule has 106 valence electrons. The molecule has 0 aromatic heterocycles. The molecule has 4 N–H and O–H groups in total. The Morgan fingerprint density at radius 1 is 1.19 bits per heavy atom. The molecule has 0 amide bonds. The van der Waals surface area contributed by atoms with Crippen LogP contribution in [0.2, 0.25) is 0 Å². The molecular formula is C16H15N3O2. The SMILES string of the molecule is Cc1cc(C#N)ccc1COC(=O)c1cc(N)cc(N)c1. The van der Waals surface area contributed by atoms with Crippen LogP contribution in [0.1, 0.15) is 27.0 Å². The van der Waals surface area contributed by atoms with Gasteiger partial charge in [0.05, 0.1) is 17.2 Å². The molecule has 5 heteroatoms. The van der Waals surface area contributed by atoms with Gasteiger partial charge in [-0.2, -0.15) is 5.26 Å². The average molecular weight is 281 g/mol. The van der Waals surface area contributed by atoms with E-state index in [1.807, 2.05) is 6.92 Å². The molecular weight excluding hydrogens is 266 g/mol. The van der Waals surface area contributed by atoms with Crippen LogP contribution in [0.3, 0.4) is 0 Å². The third-order valence-electron chi connectivity index (χ3n) is 3.04. The van der Waals surface area contributed by atoms with Gasteiger partial charge in [0.1, 0.15) is 6.61 Å². The van der Waals surface area contributed by atoms with E-state index in [9.17, 15) is 4.79 Å². The summed E-state index contributed by atoms with van der Waals surface area (Å²) < 4.78 is 5.25. The molecule has 5 nitrogen and oxygen atoms in total.